The number of fused-ring (bicyclic) bond motifs is 10. The Balaban J connectivity index is 1.37. The second-order valence-electron chi connectivity index (χ2n) is 12.3. The monoisotopic (exact) mass is 616 g/mol. The maximum absolute atomic E-state index is 13.6. The fraction of sp³-hybridized carbons (Fsp3) is 0.100. The molecule has 6 heteroatoms. The van der Waals surface area contributed by atoms with Crippen LogP contribution in [0.1, 0.15) is 56.3 Å². The molecule has 6 aromatic carbocycles. The molecule has 0 radical (unpaired) electrons. The maximum atomic E-state index is 13.6. The van der Waals surface area contributed by atoms with Crippen molar-refractivity contribution in [1.82, 2.24) is 0 Å². The summed E-state index contributed by atoms with van der Waals surface area (Å²) in [5, 5.41) is 4.19. The van der Waals surface area contributed by atoms with E-state index in [9.17, 15) is 26.3 Å². The van der Waals surface area contributed by atoms with Crippen LogP contribution in [0, 0.1) is 0 Å². The fourth-order valence-electron chi connectivity index (χ4n) is 7.78. The molecule has 0 fully saturated rings. The number of hydrogen-bond donors (Lipinski definition) is 0. The lowest BCUT2D eigenvalue weighted by molar-refractivity contribution is -0.138. The second-order valence-corrected chi connectivity index (χ2v) is 12.3. The van der Waals surface area contributed by atoms with E-state index in [1.165, 1.54) is 0 Å². The highest BCUT2D eigenvalue weighted by molar-refractivity contribution is 6.34. The van der Waals surface area contributed by atoms with E-state index >= 15 is 0 Å². The molecular formula is C40H22F6. The summed E-state index contributed by atoms with van der Waals surface area (Å²) in [6.07, 6.45) is -8.92. The van der Waals surface area contributed by atoms with E-state index < -0.39 is 23.5 Å². The Labute approximate surface area is 259 Å². The van der Waals surface area contributed by atoms with Crippen LogP contribution in [0.3, 0.4) is 0 Å². The van der Waals surface area contributed by atoms with Gasteiger partial charge >= 0.3 is 12.4 Å². The predicted molar refractivity (Wildman–Crippen MR) is 170 cm³/mol. The number of alkyl halides is 6. The van der Waals surface area contributed by atoms with Gasteiger partial charge in [0.05, 0.1) is 11.1 Å². The zero-order valence-electron chi connectivity index (χ0n) is 24.0. The van der Waals surface area contributed by atoms with E-state index in [1.807, 2.05) is 48.5 Å². The van der Waals surface area contributed by atoms with Gasteiger partial charge in [-0.1, -0.05) is 84.9 Å². The van der Waals surface area contributed by atoms with Crippen molar-refractivity contribution >= 4 is 43.8 Å². The van der Waals surface area contributed by atoms with Crippen LogP contribution in [0.5, 0.6) is 0 Å². The van der Waals surface area contributed by atoms with Gasteiger partial charge in [-0.05, 0) is 114 Å². The third-order valence-electron chi connectivity index (χ3n) is 9.84. The van der Waals surface area contributed by atoms with Crippen LogP contribution in [0.15, 0.2) is 121 Å². The summed E-state index contributed by atoms with van der Waals surface area (Å²) in [6, 6.07) is 35.3. The molecule has 0 bridgehead atoms. The molecule has 0 heterocycles. The Morgan fingerprint density at radius 2 is 0.717 bits per heavy atom. The second kappa shape index (κ2) is 9.23. The zero-order valence-corrected chi connectivity index (χ0v) is 24.0. The first-order valence-electron chi connectivity index (χ1n) is 15.0. The first-order chi connectivity index (χ1) is 22.1. The van der Waals surface area contributed by atoms with Gasteiger partial charge in [0.1, 0.15) is 0 Å². The summed E-state index contributed by atoms with van der Waals surface area (Å²) in [4.78, 5) is 0. The quantitative estimate of drug-likeness (QED) is 0.170. The number of rotatable bonds is 2. The number of allylic oxidation sites excluding steroid dienone is 4. The third kappa shape index (κ3) is 3.82. The van der Waals surface area contributed by atoms with Crippen molar-refractivity contribution in [3.63, 3.8) is 0 Å². The van der Waals surface area contributed by atoms with Crippen molar-refractivity contribution in [3.8, 4) is 0 Å². The van der Waals surface area contributed by atoms with Gasteiger partial charge < -0.3 is 0 Å². The Bertz CT molecular complexity index is 2150. The molecule has 9 rings (SSSR count). The van der Waals surface area contributed by atoms with Gasteiger partial charge in [0.15, 0.2) is 0 Å². The number of halogens is 6. The lowest BCUT2D eigenvalue weighted by atomic mass is 9.51. The third-order valence-corrected chi connectivity index (χ3v) is 9.84. The SMILES string of the molecule is FC(F)(F)c1ccc(C2=C3C(=C(c4ccc(C(F)(F)F)cc4)C4c5cc6ccccc6cc5C24)c2cc4ccccc4cc23)cc1. The van der Waals surface area contributed by atoms with Crippen molar-refractivity contribution in [2.24, 2.45) is 0 Å². The zero-order chi connectivity index (χ0) is 31.5. The van der Waals surface area contributed by atoms with Crippen molar-refractivity contribution in [3.05, 3.63) is 166 Å². The molecule has 2 unspecified atom stereocenters. The topological polar surface area (TPSA) is 0 Å². The van der Waals surface area contributed by atoms with Crippen molar-refractivity contribution in [2.45, 2.75) is 24.2 Å². The molecular weight excluding hydrogens is 594 g/mol. The average molecular weight is 617 g/mol. The lowest BCUT2D eigenvalue weighted by Gasteiger charge is -2.51. The van der Waals surface area contributed by atoms with Crippen LogP contribution in [-0.2, 0) is 12.4 Å². The molecule has 0 nitrogen and oxygen atoms in total. The molecule has 0 aliphatic heterocycles. The fourth-order valence-corrected chi connectivity index (χ4v) is 7.78. The highest BCUT2D eigenvalue weighted by atomic mass is 19.4. The van der Waals surface area contributed by atoms with Crippen LogP contribution in [0.4, 0.5) is 26.3 Å². The van der Waals surface area contributed by atoms with Gasteiger partial charge in [-0.15, -0.1) is 0 Å². The summed E-state index contributed by atoms with van der Waals surface area (Å²) in [6.45, 7) is 0. The van der Waals surface area contributed by atoms with Gasteiger partial charge in [0, 0.05) is 11.8 Å². The van der Waals surface area contributed by atoms with E-state index in [0.29, 0.717) is 11.1 Å². The van der Waals surface area contributed by atoms with Gasteiger partial charge in [0.25, 0.3) is 0 Å². The molecule has 0 saturated carbocycles. The van der Waals surface area contributed by atoms with Crippen LogP contribution in [0.2, 0.25) is 0 Å². The molecule has 0 spiro atoms. The number of benzene rings is 6. The van der Waals surface area contributed by atoms with Gasteiger partial charge in [-0.2, -0.15) is 26.3 Å². The summed E-state index contributed by atoms with van der Waals surface area (Å²) < 4.78 is 81.6. The van der Waals surface area contributed by atoms with Gasteiger partial charge in [-0.25, -0.2) is 0 Å². The highest BCUT2D eigenvalue weighted by Gasteiger charge is 2.51. The smallest absolute Gasteiger partial charge is 0.166 e. The van der Waals surface area contributed by atoms with E-state index in [1.54, 1.807) is 24.3 Å². The Hall–Kier alpha value is -5.10. The lowest BCUT2D eigenvalue weighted by Crippen LogP contribution is -2.33. The molecule has 6 aromatic rings. The van der Waals surface area contributed by atoms with Gasteiger partial charge in [-0.3, -0.25) is 0 Å². The van der Waals surface area contributed by atoms with E-state index in [-0.39, 0.29) is 11.8 Å². The minimum atomic E-state index is -4.46. The van der Waals surface area contributed by atoms with Crippen LogP contribution < -0.4 is 0 Å². The molecule has 224 valence electrons. The molecule has 0 amide bonds. The van der Waals surface area contributed by atoms with Crippen molar-refractivity contribution < 1.29 is 26.3 Å². The number of hydrogen-bond acceptors (Lipinski definition) is 0. The summed E-state index contributed by atoms with van der Waals surface area (Å²) in [7, 11) is 0. The minimum absolute atomic E-state index is 0.188. The Morgan fingerprint density at radius 1 is 0.391 bits per heavy atom. The van der Waals surface area contributed by atoms with E-state index in [0.717, 1.165) is 90.4 Å². The molecule has 0 saturated heterocycles. The molecule has 2 atom stereocenters. The standard InChI is InChI=1S/C40H22F6/c41-39(42,43)27-13-9-21(10-14-27)33-35-29-17-23-5-1-2-6-24(23)18-30(29)36(35)34(22-11-15-28(16-12-22)40(44,45)46)38-32-20-26-8-4-3-7-25(26)19-31(32)37(33)38/h1-20,35-36H. The average Bonchev–Trinajstić information content (AvgIpc) is 3.04. The molecule has 0 aromatic heterocycles. The minimum Gasteiger partial charge on any atom is -0.166 e. The summed E-state index contributed by atoms with van der Waals surface area (Å²) in [5.74, 6) is -0.376. The molecule has 46 heavy (non-hydrogen) atoms. The predicted octanol–water partition coefficient (Wildman–Crippen LogP) is 11.8. The highest BCUT2D eigenvalue weighted by Crippen LogP contribution is 2.70. The molecule has 3 aliphatic rings. The Kier molecular flexibility index (Phi) is 5.46. The maximum Gasteiger partial charge on any atom is 0.416 e. The van der Waals surface area contributed by atoms with Crippen LogP contribution >= 0.6 is 0 Å². The Morgan fingerprint density at radius 3 is 1.04 bits per heavy atom. The summed E-state index contributed by atoms with van der Waals surface area (Å²) >= 11 is 0. The largest absolute Gasteiger partial charge is 0.416 e. The normalized spacial score (nSPS) is 18.5. The van der Waals surface area contributed by atoms with E-state index in [2.05, 4.69) is 24.3 Å². The van der Waals surface area contributed by atoms with Crippen LogP contribution in [0.25, 0.3) is 43.8 Å². The van der Waals surface area contributed by atoms with Crippen molar-refractivity contribution in [2.75, 3.05) is 0 Å². The first kappa shape index (κ1) is 27.2. The van der Waals surface area contributed by atoms with Crippen LogP contribution in [-0.4, -0.2) is 0 Å². The first-order valence-corrected chi connectivity index (χ1v) is 15.0. The van der Waals surface area contributed by atoms with Crippen molar-refractivity contribution in [1.29, 1.82) is 0 Å². The van der Waals surface area contributed by atoms with E-state index in [4.69, 9.17) is 0 Å². The summed E-state index contributed by atoms with van der Waals surface area (Å²) in [5.41, 5.74) is 7.98. The van der Waals surface area contributed by atoms with Gasteiger partial charge in [0.2, 0.25) is 0 Å². The molecule has 3 aliphatic carbocycles. The molecule has 0 N–H and O–H groups in total.